The number of ketones is 1. The van der Waals surface area contributed by atoms with Crippen molar-refractivity contribution in [3.05, 3.63) is 29.8 Å². The van der Waals surface area contributed by atoms with E-state index in [1.807, 2.05) is 0 Å². The number of carbonyl (C=O) groups is 3. The third kappa shape index (κ3) is 4.89. The normalized spacial score (nSPS) is 18.3. The van der Waals surface area contributed by atoms with E-state index in [0.29, 0.717) is 24.9 Å². The van der Waals surface area contributed by atoms with Gasteiger partial charge in [0.15, 0.2) is 5.78 Å². The minimum Gasteiger partial charge on any atom is -0.550 e. The SMILES string of the molecule is CC(=O)c1ccc(S(=O)(=O)N2CCC[C@@H](C(=O)NCCC(=O)[O-])C2)cc1. The van der Waals surface area contributed by atoms with Crippen molar-refractivity contribution in [2.45, 2.75) is 31.1 Å². The summed E-state index contributed by atoms with van der Waals surface area (Å²) in [7, 11) is -3.77. The van der Waals surface area contributed by atoms with Gasteiger partial charge in [-0.25, -0.2) is 8.42 Å². The molecule has 1 saturated heterocycles. The average Bonchev–Trinajstić information content (AvgIpc) is 2.61. The highest BCUT2D eigenvalue weighted by Crippen LogP contribution is 2.24. The lowest BCUT2D eigenvalue weighted by atomic mass is 9.99. The van der Waals surface area contributed by atoms with Crippen LogP contribution in [-0.4, -0.2) is 50.0 Å². The Hall–Kier alpha value is -2.26. The molecule has 1 aromatic rings. The third-order valence-electron chi connectivity index (χ3n) is 4.28. The van der Waals surface area contributed by atoms with E-state index >= 15 is 0 Å². The molecule has 142 valence electrons. The second-order valence-corrected chi connectivity index (χ2v) is 8.13. The van der Waals surface area contributed by atoms with Crippen molar-refractivity contribution >= 4 is 27.7 Å². The molecule has 0 aliphatic carbocycles. The average molecular weight is 381 g/mol. The lowest BCUT2D eigenvalue weighted by molar-refractivity contribution is -0.305. The molecule has 0 radical (unpaired) electrons. The van der Waals surface area contributed by atoms with Crippen LogP contribution in [0.4, 0.5) is 0 Å². The van der Waals surface area contributed by atoms with Gasteiger partial charge in [0, 0.05) is 37.6 Å². The number of nitrogens with one attached hydrogen (secondary N) is 1. The molecule has 1 aliphatic rings. The zero-order valence-corrected chi connectivity index (χ0v) is 15.3. The van der Waals surface area contributed by atoms with Crippen LogP contribution in [0, 0.1) is 5.92 Å². The van der Waals surface area contributed by atoms with Crippen LogP contribution in [0.25, 0.3) is 0 Å². The smallest absolute Gasteiger partial charge is 0.243 e. The van der Waals surface area contributed by atoms with Gasteiger partial charge in [0.25, 0.3) is 0 Å². The summed E-state index contributed by atoms with van der Waals surface area (Å²) in [5.41, 5.74) is 0.424. The first-order valence-electron chi connectivity index (χ1n) is 8.30. The van der Waals surface area contributed by atoms with Crippen molar-refractivity contribution in [3.8, 4) is 0 Å². The molecule has 1 aliphatic heterocycles. The van der Waals surface area contributed by atoms with Gasteiger partial charge in [-0.1, -0.05) is 12.1 Å². The number of hydrogen-bond donors (Lipinski definition) is 1. The van der Waals surface area contributed by atoms with Gasteiger partial charge in [-0.15, -0.1) is 0 Å². The number of carboxylic acid groups (broad SMARTS) is 1. The Kier molecular flexibility index (Phi) is 6.49. The first-order chi connectivity index (χ1) is 12.2. The minimum atomic E-state index is -3.77. The van der Waals surface area contributed by atoms with Crippen LogP contribution in [0.5, 0.6) is 0 Å². The van der Waals surface area contributed by atoms with Crippen LogP contribution in [0.3, 0.4) is 0 Å². The van der Waals surface area contributed by atoms with Crippen LogP contribution >= 0.6 is 0 Å². The largest absolute Gasteiger partial charge is 0.550 e. The molecule has 26 heavy (non-hydrogen) atoms. The number of rotatable bonds is 7. The lowest BCUT2D eigenvalue weighted by Crippen LogP contribution is -2.45. The van der Waals surface area contributed by atoms with Gasteiger partial charge >= 0.3 is 0 Å². The van der Waals surface area contributed by atoms with Crippen molar-refractivity contribution in [3.63, 3.8) is 0 Å². The molecule has 1 N–H and O–H groups in total. The number of hydrogen-bond acceptors (Lipinski definition) is 6. The second-order valence-electron chi connectivity index (χ2n) is 6.20. The minimum absolute atomic E-state index is 0.0357. The summed E-state index contributed by atoms with van der Waals surface area (Å²) in [6, 6.07) is 5.69. The van der Waals surface area contributed by atoms with E-state index in [9.17, 15) is 27.9 Å². The fourth-order valence-corrected chi connectivity index (χ4v) is 4.34. The fraction of sp³-hybridized carbons (Fsp3) is 0.471. The molecule has 0 saturated carbocycles. The van der Waals surface area contributed by atoms with E-state index in [-0.39, 0.29) is 36.1 Å². The van der Waals surface area contributed by atoms with Crippen molar-refractivity contribution in [2.24, 2.45) is 5.92 Å². The molecule has 0 spiro atoms. The number of amides is 1. The number of nitrogens with zero attached hydrogens (tertiary/aromatic N) is 1. The molecular formula is C17H21N2O6S-. The summed E-state index contributed by atoms with van der Waals surface area (Å²) in [4.78, 5) is 33.9. The number of Topliss-reactive ketones (excluding diaryl/α,β-unsaturated/α-hetero) is 1. The van der Waals surface area contributed by atoms with Crippen molar-refractivity contribution in [1.82, 2.24) is 9.62 Å². The Bertz CT molecular complexity index is 788. The highest BCUT2D eigenvalue weighted by atomic mass is 32.2. The zero-order chi connectivity index (χ0) is 19.3. The Morgan fingerprint density at radius 2 is 1.88 bits per heavy atom. The van der Waals surface area contributed by atoms with E-state index in [4.69, 9.17) is 0 Å². The van der Waals surface area contributed by atoms with Crippen LogP contribution < -0.4 is 10.4 Å². The maximum Gasteiger partial charge on any atom is 0.243 e. The summed E-state index contributed by atoms with van der Waals surface area (Å²) in [5, 5.41) is 12.9. The maximum atomic E-state index is 12.8. The number of carbonyl (C=O) groups excluding carboxylic acids is 3. The maximum absolute atomic E-state index is 12.8. The van der Waals surface area contributed by atoms with E-state index in [2.05, 4.69) is 5.32 Å². The quantitative estimate of drug-likeness (QED) is 0.638. The third-order valence-corrected chi connectivity index (χ3v) is 6.16. The Morgan fingerprint density at radius 3 is 2.46 bits per heavy atom. The monoisotopic (exact) mass is 381 g/mol. The van der Waals surface area contributed by atoms with Gasteiger partial charge in [-0.2, -0.15) is 4.31 Å². The highest BCUT2D eigenvalue weighted by molar-refractivity contribution is 7.89. The number of carboxylic acids is 1. The van der Waals surface area contributed by atoms with E-state index < -0.39 is 21.9 Å². The summed E-state index contributed by atoms with van der Waals surface area (Å²) < 4.78 is 26.8. The predicted molar refractivity (Wildman–Crippen MR) is 90.6 cm³/mol. The standard InChI is InChI=1S/C17H22N2O6S/c1-12(20)13-4-6-15(7-5-13)26(24,25)19-10-2-3-14(11-19)17(23)18-9-8-16(21)22/h4-7,14H,2-3,8-11H2,1H3,(H,18,23)(H,21,22)/p-1/t14-/m1/s1. The van der Waals surface area contributed by atoms with Gasteiger partial charge in [0.2, 0.25) is 15.9 Å². The molecule has 8 nitrogen and oxygen atoms in total. The molecule has 1 aromatic carbocycles. The van der Waals surface area contributed by atoms with Crippen LogP contribution in [0.15, 0.2) is 29.2 Å². The van der Waals surface area contributed by atoms with Crippen LogP contribution in [0.1, 0.15) is 36.5 Å². The lowest BCUT2D eigenvalue weighted by Gasteiger charge is -2.31. The van der Waals surface area contributed by atoms with Gasteiger partial charge in [0.1, 0.15) is 0 Å². The molecule has 0 aromatic heterocycles. The Morgan fingerprint density at radius 1 is 1.23 bits per heavy atom. The van der Waals surface area contributed by atoms with Gasteiger partial charge in [-0.05, 0) is 31.9 Å². The fourth-order valence-electron chi connectivity index (χ4n) is 2.82. The predicted octanol–water partition coefficient (Wildman–Crippen LogP) is -0.454. The summed E-state index contributed by atoms with van der Waals surface area (Å²) in [5.74, 6) is -2.30. The summed E-state index contributed by atoms with van der Waals surface area (Å²) in [6.45, 7) is 1.70. The highest BCUT2D eigenvalue weighted by Gasteiger charge is 2.33. The first-order valence-corrected chi connectivity index (χ1v) is 9.74. The van der Waals surface area contributed by atoms with Crippen molar-refractivity contribution in [1.29, 1.82) is 0 Å². The number of benzene rings is 1. The number of aliphatic carboxylic acids is 1. The van der Waals surface area contributed by atoms with E-state index in [1.54, 1.807) is 0 Å². The van der Waals surface area contributed by atoms with Gasteiger partial charge in [0.05, 0.1) is 10.8 Å². The molecule has 1 amide bonds. The van der Waals surface area contributed by atoms with Crippen molar-refractivity contribution in [2.75, 3.05) is 19.6 Å². The topological polar surface area (TPSA) is 124 Å². The molecule has 9 heteroatoms. The van der Waals surface area contributed by atoms with Gasteiger partial charge < -0.3 is 15.2 Å². The first kappa shape index (κ1) is 20.1. The Labute approximate surface area is 152 Å². The molecule has 1 heterocycles. The molecule has 2 rings (SSSR count). The number of sulfonamides is 1. The van der Waals surface area contributed by atoms with Gasteiger partial charge in [-0.3, -0.25) is 9.59 Å². The molecule has 0 unspecified atom stereocenters. The van der Waals surface area contributed by atoms with E-state index in [1.165, 1.54) is 35.5 Å². The number of piperidine rings is 1. The molecule has 0 bridgehead atoms. The van der Waals surface area contributed by atoms with Crippen LogP contribution in [-0.2, 0) is 19.6 Å². The van der Waals surface area contributed by atoms with Crippen LogP contribution in [0.2, 0.25) is 0 Å². The summed E-state index contributed by atoms with van der Waals surface area (Å²) in [6.07, 6.45) is 0.777. The molecule has 1 fully saturated rings. The second kappa shape index (κ2) is 8.41. The van der Waals surface area contributed by atoms with Crippen molar-refractivity contribution < 1.29 is 27.9 Å². The molecular weight excluding hydrogens is 360 g/mol. The molecule has 1 atom stereocenters. The summed E-state index contributed by atoms with van der Waals surface area (Å²) >= 11 is 0. The zero-order valence-electron chi connectivity index (χ0n) is 14.4. The van der Waals surface area contributed by atoms with E-state index in [0.717, 1.165) is 0 Å². The Balaban J connectivity index is 2.06.